The molecule has 5 nitrogen and oxygen atoms in total. The van der Waals surface area contributed by atoms with Gasteiger partial charge in [0.15, 0.2) is 0 Å². The highest BCUT2D eigenvalue weighted by Gasteiger charge is 2.16. The van der Waals surface area contributed by atoms with E-state index < -0.39 is 10.0 Å². The number of rotatable bonds is 3. The number of sulfonamides is 1. The number of benzene rings is 1. The maximum absolute atomic E-state index is 12.4. The molecule has 0 aliphatic carbocycles. The van der Waals surface area contributed by atoms with Crippen molar-refractivity contribution in [1.29, 1.82) is 0 Å². The van der Waals surface area contributed by atoms with Gasteiger partial charge < -0.3 is 0 Å². The average molecular weight is 320 g/mol. The third-order valence-electron chi connectivity index (χ3n) is 2.90. The molecule has 0 amide bonds. The van der Waals surface area contributed by atoms with Crippen LogP contribution in [-0.4, -0.2) is 18.4 Å². The number of halogens is 1. The molecule has 0 radical (unpaired) electrons. The van der Waals surface area contributed by atoms with Crippen LogP contribution in [0.25, 0.3) is 10.9 Å². The van der Waals surface area contributed by atoms with Crippen LogP contribution in [0.4, 0.5) is 5.69 Å². The van der Waals surface area contributed by atoms with Gasteiger partial charge in [0.2, 0.25) is 0 Å². The van der Waals surface area contributed by atoms with Gasteiger partial charge in [-0.25, -0.2) is 13.4 Å². The lowest BCUT2D eigenvalue weighted by molar-refractivity contribution is 0.601. The van der Waals surface area contributed by atoms with Crippen molar-refractivity contribution >= 4 is 38.2 Å². The summed E-state index contributed by atoms with van der Waals surface area (Å²) in [6.45, 7) is 0. The highest BCUT2D eigenvalue weighted by Crippen LogP contribution is 2.24. The van der Waals surface area contributed by atoms with Crippen molar-refractivity contribution in [3.8, 4) is 0 Å². The van der Waals surface area contributed by atoms with Gasteiger partial charge in [-0.2, -0.15) is 0 Å². The van der Waals surface area contributed by atoms with Crippen LogP contribution in [0.5, 0.6) is 0 Å². The van der Waals surface area contributed by atoms with E-state index >= 15 is 0 Å². The Balaban J connectivity index is 2.06. The van der Waals surface area contributed by atoms with Crippen LogP contribution < -0.4 is 4.72 Å². The molecule has 3 rings (SSSR count). The quantitative estimate of drug-likeness (QED) is 0.753. The van der Waals surface area contributed by atoms with Crippen LogP contribution in [0.2, 0.25) is 5.15 Å². The molecule has 0 atom stereocenters. The molecule has 2 aromatic heterocycles. The molecule has 0 saturated carbocycles. The summed E-state index contributed by atoms with van der Waals surface area (Å²) < 4.78 is 27.3. The molecule has 3 aromatic rings. The first-order valence-electron chi connectivity index (χ1n) is 6.04. The topological polar surface area (TPSA) is 72.0 Å². The van der Waals surface area contributed by atoms with E-state index in [2.05, 4.69) is 14.7 Å². The van der Waals surface area contributed by atoms with E-state index in [9.17, 15) is 8.42 Å². The van der Waals surface area contributed by atoms with E-state index in [-0.39, 0.29) is 10.0 Å². The van der Waals surface area contributed by atoms with Crippen LogP contribution in [-0.2, 0) is 10.0 Å². The number of aromatic nitrogens is 2. The Morgan fingerprint density at radius 2 is 1.86 bits per heavy atom. The summed E-state index contributed by atoms with van der Waals surface area (Å²) in [5.74, 6) is 0. The first-order valence-corrected chi connectivity index (χ1v) is 7.90. The Morgan fingerprint density at radius 1 is 1.00 bits per heavy atom. The van der Waals surface area contributed by atoms with Gasteiger partial charge in [-0.1, -0.05) is 17.7 Å². The minimum Gasteiger partial charge on any atom is -0.279 e. The molecular formula is C14H10ClN3O2S. The summed E-state index contributed by atoms with van der Waals surface area (Å²) in [7, 11) is -3.73. The zero-order valence-corrected chi connectivity index (χ0v) is 12.3. The number of pyridine rings is 2. The molecule has 2 heterocycles. The second-order valence-corrected chi connectivity index (χ2v) is 6.37. The number of hydrogen-bond acceptors (Lipinski definition) is 4. The van der Waals surface area contributed by atoms with E-state index in [1.165, 1.54) is 18.3 Å². The van der Waals surface area contributed by atoms with Crippen molar-refractivity contribution in [2.75, 3.05) is 4.72 Å². The summed E-state index contributed by atoms with van der Waals surface area (Å²) in [6, 6.07) is 11.5. The normalized spacial score (nSPS) is 11.5. The summed E-state index contributed by atoms with van der Waals surface area (Å²) in [5.41, 5.74) is 1.18. The lowest BCUT2D eigenvalue weighted by atomic mass is 10.2. The van der Waals surface area contributed by atoms with Crippen LogP contribution >= 0.6 is 11.6 Å². The summed E-state index contributed by atoms with van der Waals surface area (Å²) >= 11 is 5.74. The summed E-state index contributed by atoms with van der Waals surface area (Å²) in [6.07, 6.45) is 3.00. The number of anilines is 1. The monoisotopic (exact) mass is 319 g/mol. The van der Waals surface area contributed by atoms with Gasteiger partial charge in [0.05, 0.1) is 16.1 Å². The maximum atomic E-state index is 12.4. The first kappa shape index (κ1) is 13.8. The van der Waals surface area contributed by atoms with E-state index in [1.54, 1.807) is 30.5 Å². The fraction of sp³-hybridized carbons (Fsp3) is 0. The van der Waals surface area contributed by atoms with Gasteiger partial charge >= 0.3 is 0 Å². The predicted octanol–water partition coefficient (Wildman–Crippen LogP) is 3.08. The Labute approximate surface area is 126 Å². The van der Waals surface area contributed by atoms with Gasteiger partial charge in [-0.3, -0.25) is 9.71 Å². The van der Waals surface area contributed by atoms with Gasteiger partial charge in [-0.15, -0.1) is 0 Å². The average Bonchev–Trinajstić information content (AvgIpc) is 2.47. The molecular weight excluding hydrogens is 310 g/mol. The van der Waals surface area contributed by atoms with Crippen LogP contribution in [0, 0.1) is 0 Å². The lowest BCUT2D eigenvalue weighted by Gasteiger charge is -2.10. The van der Waals surface area contributed by atoms with Gasteiger partial charge in [0, 0.05) is 17.8 Å². The van der Waals surface area contributed by atoms with Gasteiger partial charge in [0.1, 0.15) is 5.15 Å². The Morgan fingerprint density at radius 3 is 2.67 bits per heavy atom. The third-order valence-corrected chi connectivity index (χ3v) is 4.47. The molecule has 0 aliphatic rings. The van der Waals surface area contributed by atoms with Gasteiger partial charge in [0.25, 0.3) is 10.0 Å². The molecule has 0 unspecified atom stereocenters. The number of fused-ring (bicyclic) bond motifs is 1. The molecule has 0 saturated heterocycles. The van der Waals surface area contributed by atoms with Crippen molar-refractivity contribution in [3.63, 3.8) is 0 Å². The van der Waals surface area contributed by atoms with Crippen molar-refractivity contribution in [2.24, 2.45) is 0 Å². The van der Waals surface area contributed by atoms with Crippen LogP contribution in [0.15, 0.2) is 59.8 Å². The van der Waals surface area contributed by atoms with Crippen molar-refractivity contribution < 1.29 is 8.42 Å². The molecule has 0 fully saturated rings. The van der Waals surface area contributed by atoms with Crippen molar-refractivity contribution in [1.82, 2.24) is 9.97 Å². The molecule has 1 N–H and O–H groups in total. The van der Waals surface area contributed by atoms with Crippen molar-refractivity contribution in [2.45, 2.75) is 4.90 Å². The zero-order valence-electron chi connectivity index (χ0n) is 10.7. The second-order valence-electron chi connectivity index (χ2n) is 4.30. The van der Waals surface area contributed by atoms with Crippen LogP contribution in [0.3, 0.4) is 0 Å². The van der Waals surface area contributed by atoms with E-state index in [4.69, 9.17) is 11.6 Å². The standard InChI is InChI=1S/C14H10ClN3O2S/c15-14-9-10(6-8-17-14)21(19,20)18-13-5-1-4-12-11(13)3-2-7-16-12/h1-9,18H. The maximum Gasteiger partial charge on any atom is 0.262 e. The minimum absolute atomic E-state index is 0.0587. The predicted molar refractivity (Wildman–Crippen MR) is 81.8 cm³/mol. The number of nitrogens with zero attached hydrogens (tertiary/aromatic N) is 2. The van der Waals surface area contributed by atoms with Crippen LogP contribution in [0.1, 0.15) is 0 Å². The molecule has 1 aromatic carbocycles. The molecule has 0 spiro atoms. The SMILES string of the molecule is O=S(=O)(Nc1cccc2ncccc12)c1ccnc(Cl)c1. The fourth-order valence-electron chi connectivity index (χ4n) is 1.95. The van der Waals surface area contributed by atoms with E-state index in [0.717, 1.165) is 5.39 Å². The van der Waals surface area contributed by atoms with Crippen molar-refractivity contribution in [3.05, 3.63) is 60.0 Å². The first-order chi connectivity index (χ1) is 10.1. The molecule has 21 heavy (non-hydrogen) atoms. The van der Waals surface area contributed by atoms with E-state index in [1.807, 2.05) is 6.07 Å². The Bertz CT molecular complexity index is 907. The molecule has 106 valence electrons. The van der Waals surface area contributed by atoms with Gasteiger partial charge in [-0.05, 0) is 36.4 Å². The second kappa shape index (κ2) is 5.31. The zero-order chi connectivity index (χ0) is 14.9. The molecule has 0 bridgehead atoms. The number of hydrogen-bond donors (Lipinski definition) is 1. The Hall–Kier alpha value is -2.18. The highest BCUT2D eigenvalue weighted by molar-refractivity contribution is 7.92. The molecule has 7 heteroatoms. The lowest BCUT2D eigenvalue weighted by Crippen LogP contribution is -2.13. The largest absolute Gasteiger partial charge is 0.279 e. The number of nitrogens with one attached hydrogen (secondary N) is 1. The third kappa shape index (κ3) is 2.81. The van der Waals surface area contributed by atoms with E-state index in [0.29, 0.717) is 11.2 Å². The minimum atomic E-state index is -3.73. The Kier molecular flexibility index (Phi) is 3.48. The summed E-state index contributed by atoms with van der Waals surface area (Å²) in [5, 5.41) is 0.848. The summed E-state index contributed by atoms with van der Waals surface area (Å²) in [4.78, 5) is 8.03. The molecule has 0 aliphatic heterocycles. The highest BCUT2D eigenvalue weighted by atomic mass is 35.5. The fourth-order valence-corrected chi connectivity index (χ4v) is 3.28. The smallest absolute Gasteiger partial charge is 0.262 e.